The monoisotopic (exact) mass is 245 g/mol. The second-order valence-corrected chi connectivity index (χ2v) is 5.61. The summed E-state index contributed by atoms with van der Waals surface area (Å²) in [5.74, 6) is 0.705. The molecule has 1 N–H and O–H groups in total. The minimum absolute atomic E-state index is 0.151. The Kier molecular flexibility index (Phi) is 4.66. The van der Waals surface area contributed by atoms with Gasteiger partial charge in [-0.2, -0.15) is 0 Å². The van der Waals surface area contributed by atoms with E-state index in [-0.39, 0.29) is 16.9 Å². The van der Waals surface area contributed by atoms with E-state index >= 15 is 0 Å². The van der Waals surface area contributed by atoms with Crippen molar-refractivity contribution in [2.75, 3.05) is 5.88 Å². The Bertz CT molecular complexity index is 234. The molecule has 0 atom stereocenters. The summed E-state index contributed by atoms with van der Waals surface area (Å²) in [7, 11) is 0. The molecule has 0 radical (unpaired) electrons. The van der Waals surface area contributed by atoms with E-state index in [9.17, 15) is 4.79 Å². The van der Waals surface area contributed by atoms with Crippen LogP contribution in [-0.2, 0) is 4.79 Å². The second-order valence-electron chi connectivity index (χ2n) is 5.34. The van der Waals surface area contributed by atoms with Gasteiger partial charge in [-0.1, -0.05) is 33.6 Å². The minimum atomic E-state index is -0.204. The van der Waals surface area contributed by atoms with E-state index in [0.29, 0.717) is 5.88 Å². The van der Waals surface area contributed by atoms with E-state index in [1.54, 1.807) is 0 Å². The van der Waals surface area contributed by atoms with E-state index in [1.807, 2.05) is 0 Å². The van der Waals surface area contributed by atoms with Crippen LogP contribution in [-0.4, -0.2) is 17.3 Å². The maximum atomic E-state index is 12.3. The van der Waals surface area contributed by atoms with E-state index in [4.69, 9.17) is 11.6 Å². The van der Waals surface area contributed by atoms with Crippen LogP contribution < -0.4 is 5.32 Å². The highest BCUT2D eigenvalue weighted by Gasteiger charge is 2.39. The summed E-state index contributed by atoms with van der Waals surface area (Å²) in [5.41, 5.74) is -0.355. The van der Waals surface area contributed by atoms with Crippen molar-refractivity contribution in [2.24, 2.45) is 5.41 Å². The van der Waals surface area contributed by atoms with Gasteiger partial charge in [0.25, 0.3) is 0 Å². The third-order valence-corrected chi connectivity index (χ3v) is 4.75. The number of carbonyl (C=O) groups excluding carboxylic acids is 1. The molecule has 0 bridgehead atoms. The molecule has 0 aromatic carbocycles. The van der Waals surface area contributed by atoms with Gasteiger partial charge in [-0.25, -0.2) is 0 Å². The first kappa shape index (κ1) is 13.8. The summed E-state index contributed by atoms with van der Waals surface area (Å²) >= 11 is 6.01. The quantitative estimate of drug-likeness (QED) is 0.739. The molecule has 1 amide bonds. The molecule has 94 valence electrons. The fraction of sp³-hybridized carbons (Fsp3) is 0.923. The van der Waals surface area contributed by atoms with Crippen LogP contribution in [0.4, 0.5) is 0 Å². The Morgan fingerprint density at radius 1 is 1.31 bits per heavy atom. The highest BCUT2D eigenvalue weighted by Crippen LogP contribution is 2.38. The molecule has 1 aliphatic carbocycles. The van der Waals surface area contributed by atoms with Crippen LogP contribution in [0.5, 0.6) is 0 Å². The highest BCUT2D eigenvalue weighted by molar-refractivity contribution is 6.18. The van der Waals surface area contributed by atoms with E-state index in [0.717, 1.165) is 25.7 Å². The summed E-state index contributed by atoms with van der Waals surface area (Å²) in [6.07, 6.45) is 6.19. The van der Waals surface area contributed by atoms with Crippen LogP contribution in [0.25, 0.3) is 0 Å². The Hall–Kier alpha value is -0.240. The van der Waals surface area contributed by atoms with Gasteiger partial charge in [0.2, 0.25) is 5.91 Å². The van der Waals surface area contributed by atoms with E-state index < -0.39 is 0 Å². The molecule has 16 heavy (non-hydrogen) atoms. The van der Waals surface area contributed by atoms with Gasteiger partial charge in [0.05, 0.1) is 5.54 Å². The van der Waals surface area contributed by atoms with Crippen molar-refractivity contribution in [2.45, 2.75) is 64.8 Å². The van der Waals surface area contributed by atoms with Crippen LogP contribution in [0.15, 0.2) is 0 Å². The molecule has 0 aromatic rings. The van der Waals surface area contributed by atoms with Gasteiger partial charge in [-0.05, 0) is 25.7 Å². The first-order chi connectivity index (χ1) is 7.52. The third-order valence-electron chi connectivity index (χ3n) is 4.24. The van der Waals surface area contributed by atoms with Gasteiger partial charge < -0.3 is 5.32 Å². The lowest BCUT2D eigenvalue weighted by Crippen LogP contribution is -2.53. The Labute approximate surface area is 104 Å². The number of halogens is 1. The van der Waals surface area contributed by atoms with E-state index in [2.05, 4.69) is 26.1 Å². The maximum absolute atomic E-state index is 12.3. The van der Waals surface area contributed by atoms with Crippen molar-refractivity contribution in [1.82, 2.24) is 5.32 Å². The largest absolute Gasteiger partial charge is 0.349 e. The van der Waals surface area contributed by atoms with Crippen LogP contribution in [0, 0.1) is 5.41 Å². The Morgan fingerprint density at radius 3 is 2.19 bits per heavy atom. The molecule has 0 saturated heterocycles. The molecule has 0 heterocycles. The summed E-state index contributed by atoms with van der Waals surface area (Å²) in [6.45, 7) is 6.26. The van der Waals surface area contributed by atoms with Crippen LogP contribution in [0.2, 0.25) is 0 Å². The predicted octanol–water partition coefficient (Wildman–Crippen LogP) is 3.48. The van der Waals surface area contributed by atoms with Gasteiger partial charge in [0.1, 0.15) is 0 Å². The average Bonchev–Trinajstić information content (AvgIpc) is 2.74. The molecular formula is C13H24ClNO. The fourth-order valence-corrected chi connectivity index (χ4v) is 2.87. The van der Waals surface area contributed by atoms with Gasteiger partial charge in [0, 0.05) is 11.3 Å². The van der Waals surface area contributed by atoms with Crippen molar-refractivity contribution in [3.05, 3.63) is 0 Å². The number of carbonyl (C=O) groups is 1. The zero-order valence-corrected chi connectivity index (χ0v) is 11.5. The van der Waals surface area contributed by atoms with Crippen molar-refractivity contribution in [1.29, 1.82) is 0 Å². The zero-order valence-electron chi connectivity index (χ0n) is 10.7. The lowest BCUT2D eigenvalue weighted by atomic mass is 9.85. The number of hydrogen-bond acceptors (Lipinski definition) is 1. The average molecular weight is 246 g/mol. The summed E-state index contributed by atoms with van der Waals surface area (Å²) in [4.78, 5) is 12.3. The van der Waals surface area contributed by atoms with Crippen molar-refractivity contribution in [3.63, 3.8) is 0 Å². The molecule has 3 heteroatoms. The molecule has 1 rings (SSSR count). The lowest BCUT2D eigenvalue weighted by Gasteiger charge is -2.35. The smallest absolute Gasteiger partial charge is 0.226 e. The Morgan fingerprint density at radius 2 is 1.81 bits per heavy atom. The summed E-state index contributed by atoms with van der Waals surface area (Å²) in [5, 5.41) is 3.19. The Balaban J connectivity index is 2.68. The topological polar surface area (TPSA) is 29.1 Å². The van der Waals surface area contributed by atoms with Gasteiger partial charge in [0.15, 0.2) is 0 Å². The highest BCUT2D eigenvalue weighted by atomic mass is 35.5. The summed E-state index contributed by atoms with van der Waals surface area (Å²) in [6, 6.07) is 0. The fourth-order valence-electron chi connectivity index (χ4n) is 2.42. The molecule has 0 unspecified atom stereocenters. The maximum Gasteiger partial charge on any atom is 0.226 e. The molecular weight excluding hydrogens is 222 g/mol. The normalized spacial score (nSPS) is 19.8. The minimum Gasteiger partial charge on any atom is -0.349 e. The zero-order chi connectivity index (χ0) is 12.2. The number of hydrogen-bond donors (Lipinski definition) is 1. The molecule has 0 aromatic heterocycles. The number of alkyl halides is 1. The van der Waals surface area contributed by atoms with Crippen molar-refractivity contribution in [3.8, 4) is 0 Å². The molecule has 1 saturated carbocycles. The van der Waals surface area contributed by atoms with Crippen LogP contribution in [0.1, 0.15) is 59.3 Å². The number of rotatable bonds is 5. The van der Waals surface area contributed by atoms with Gasteiger partial charge in [-0.3, -0.25) is 4.79 Å². The van der Waals surface area contributed by atoms with Crippen molar-refractivity contribution >= 4 is 17.5 Å². The van der Waals surface area contributed by atoms with Crippen LogP contribution in [0.3, 0.4) is 0 Å². The van der Waals surface area contributed by atoms with Crippen molar-refractivity contribution < 1.29 is 4.79 Å². The van der Waals surface area contributed by atoms with E-state index in [1.165, 1.54) is 12.8 Å². The SMILES string of the molecule is CCC(CC)(CCl)NC(=O)C1(C)CCCC1. The predicted molar refractivity (Wildman–Crippen MR) is 68.8 cm³/mol. The molecule has 2 nitrogen and oxygen atoms in total. The molecule has 0 aliphatic heterocycles. The molecule has 1 fully saturated rings. The van der Waals surface area contributed by atoms with Gasteiger partial charge in [-0.15, -0.1) is 11.6 Å². The number of nitrogens with one attached hydrogen (secondary N) is 1. The third kappa shape index (κ3) is 2.71. The lowest BCUT2D eigenvalue weighted by molar-refractivity contribution is -0.131. The first-order valence-electron chi connectivity index (χ1n) is 6.40. The van der Waals surface area contributed by atoms with Gasteiger partial charge >= 0.3 is 0 Å². The second kappa shape index (κ2) is 5.39. The standard InChI is InChI=1S/C13H24ClNO/c1-4-13(5-2,10-14)15-11(16)12(3)8-6-7-9-12/h4-10H2,1-3H3,(H,15,16). The molecule has 0 spiro atoms. The number of amides is 1. The van der Waals surface area contributed by atoms with Crippen LogP contribution >= 0.6 is 11.6 Å². The summed E-state index contributed by atoms with van der Waals surface area (Å²) < 4.78 is 0. The molecule has 1 aliphatic rings. The first-order valence-corrected chi connectivity index (χ1v) is 6.94.